The predicted octanol–water partition coefficient (Wildman–Crippen LogP) is 7.59. The van der Waals surface area contributed by atoms with Gasteiger partial charge in [0.1, 0.15) is 11.5 Å². The Labute approximate surface area is 191 Å². The normalized spacial score (nSPS) is 11.4. The van der Waals surface area contributed by atoms with E-state index in [1.807, 2.05) is 42.5 Å². The second kappa shape index (κ2) is 9.28. The molecule has 4 nitrogen and oxygen atoms in total. The van der Waals surface area contributed by atoms with E-state index < -0.39 is 5.97 Å². The van der Waals surface area contributed by atoms with Crippen molar-refractivity contribution in [2.75, 3.05) is 7.11 Å². The largest absolute Gasteiger partial charge is 0.497 e. The first kappa shape index (κ1) is 21.7. The van der Waals surface area contributed by atoms with E-state index in [1.54, 1.807) is 24.5 Å². The van der Waals surface area contributed by atoms with Gasteiger partial charge in [0.15, 0.2) is 5.75 Å². The Morgan fingerprint density at radius 3 is 2.41 bits per heavy atom. The number of rotatable bonds is 7. The number of aliphatic carboxylic acids is 1. The first-order valence-corrected chi connectivity index (χ1v) is 11.2. The van der Waals surface area contributed by atoms with E-state index in [4.69, 9.17) is 14.6 Å². The number of carboxylic acid groups (broad SMARTS) is 1. The maximum Gasteiger partial charge on any atom is 0.328 e. The number of ether oxygens (including phenoxy) is 2. The minimum Gasteiger partial charge on any atom is -0.497 e. The number of benzene rings is 3. The lowest BCUT2D eigenvalue weighted by atomic mass is 9.96. The fourth-order valence-electron chi connectivity index (χ4n) is 3.60. The zero-order valence-corrected chi connectivity index (χ0v) is 19.0. The van der Waals surface area contributed by atoms with Crippen molar-refractivity contribution in [1.29, 1.82) is 0 Å². The van der Waals surface area contributed by atoms with Crippen LogP contribution in [0.4, 0.5) is 0 Å². The molecule has 0 fully saturated rings. The maximum absolute atomic E-state index is 10.7. The van der Waals surface area contributed by atoms with Gasteiger partial charge in [-0.2, -0.15) is 0 Å². The van der Waals surface area contributed by atoms with Crippen molar-refractivity contribution in [1.82, 2.24) is 0 Å². The van der Waals surface area contributed by atoms with E-state index in [2.05, 4.69) is 38.1 Å². The van der Waals surface area contributed by atoms with Crippen LogP contribution in [0.1, 0.15) is 30.9 Å². The van der Waals surface area contributed by atoms with Gasteiger partial charge in [-0.25, -0.2) is 4.79 Å². The topological polar surface area (TPSA) is 55.8 Å². The molecular formula is C27H24O4S. The summed E-state index contributed by atoms with van der Waals surface area (Å²) < 4.78 is 13.0. The van der Waals surface area contributed by atoms with Gasteiger partial charge >= 0.3 is 5.97 Å². The van der Waals surface area contributed by atoms with Crippen LogP contribution in [-0.4, -0.2) is 18.2 Å². The summed E-state index contributed by atoms with van der Waals surface area (Å²) in [6, 6.07) is 21.8. The minimum absolute atomic E-state index is 0.374. The molecule has 4 rings (SSSR count). The molecular weight excluding hydrogens is 420 g/mol. The molecule has 0 aliphatic rings. The number of hydrogen-bond acceptors (Lipinski definition) is 4. The third kappa shape index (κ3) is 4.53. The minimum atomic E-state index is -0.973. The van der Waals surface area contributed by atoms with Gasteiger partial charge in [-0.05, 0) is 59.0 Å². The Kier molecular flexibility index (Phi) is 6.28. The predicted molar refractivity (Wildman–Crippen MR) is 131 cm³/mol. The molecule has 1 heterocycles. The summed E-state index contributed by atoms with van der Waals surface area (Å²) in [5.74, 6) is 1.72. The van der Waals surface area contributed by atoms with Gasteiger partial charge in [0, 0.05) is 16.2 Å². The Morgan fingerprint density at radius 2 is 1.72 bits per heavy atom. The maximum atomic E-state index is 10.7. The Hall–Kier alpha value is -3.57. The number of fused-ring (bicyclic) bond motifs is 1. The summed E-state index contributed by atoms with van der Waals surface area (Å²) in [6.07, 6.45) is 2.68. The van der Waals surface area contributed by atoms with Gasteiger partial charge < -0.3 is 14.6 Å². The number of carboxylic acids is 1. The average molecular weight is 445 g/mol. The standard InChI is InChI=1S/C27H24O4S/c1-17(2)21-6-4-5-7-22(21)27-26(23-14-13-20(30-3)16-24(23)32-27)31-19-11-8-18(9-12-19)10-15-25(28)29/h4-17H,1-3H3,(H,28,29). The molecule has 3 aromatic carbocycles. The lowest BCUT2D eigenvalue weighted by Gasteiger charge is -2.14. The molecule has 1 N–H and O–H groups in total. The van der Waals surface area contributed by atoms with Crippen molar-refractivity contribution in [3.63, 3.8) is 0 Å². The Bertz CT molecular complexity index is 1280. The van der Waals surface area contributed by atoms with Crippen LogP contribution in [0, 0.1) is 0 Å². The molecule has 0 saturated carbocycles. The second-order valence-corrected chi connectivity index (χ2v) is 8.76. The smallest absolute Gasteiger partial charge is 0.328 e. The highest BCUT2D eigenvalue weighted by Gasteiger charge is 2.20. The first-order chi connectivity index (χ1) is 15.5. The van der Waals surface area contributed by atoms with E-state index >= 15 is 0 Å². The lowest BCUT2D eigenvalue weighted by molar-refractivity contribution is -0.131. The molecule has 0 radical (unpaired) electrons. The van der Waals surface area contributed by atoms with E-state index in [9.17, 15) is 4.79 Å². The molecule has 0 aliphatic heterocycles. The van der Waals surface area contributed by atoms with Gasteiger partial charge in [0.2, 0.25) is 0 Å². The molecule has 5 heteroatoms. The molecule has 0 unspecified atom stereocenters. The summed E-state index contributed by atoms with van der Waals surface area (Å²) >= 11 is 1.69. The Balaban J connectivity index is 1.81. The molecule has 0 amide bonds. The van der Waals surface area contributed by atoms with Crippen molar-refractivity contribution in [3.8, 4) is 27.7 Å². The fraction of sp³-hybridized carbons (Fsp3) is 0.148. The van der Waals surface area contributed by atoms with Crippen LogP contribution in [0.2, 0.25) is 0 Å². The molecule has 0 aliphatic carbocycles. The summed E-state index contributed by atoms with van der Waals surface area (Å²) in [5, 5.41) is 9.85. The summed E-state index contributed by atoms with van der Waals surface area (Å²) in [6.45, 7) is 4.39. The van der Waals surface area contributed by atoms with Crippen molar-refractivity contribution < 1.29 is 19.4 Å². The summed E-state index contributed by atoms with van der Waals surface area (Å²) in [5.41, 5.74) is 3.23. The Morgan fingerprint density at radius 1 is 1.00 bits per heavy atom. The monoisotopic (exact) mass is 444 g/mol. The van der Waals surface area contributed by atoms with Crippen molar-refractivity contribution >= 4 is 33.5 Å². The summed E-state index contributed by atoms with van der Waals surface area (Å²) in [4.78, 5) is 11.8. The summed E-state index contributed by atoms with van der Waals surface area (Å²) in [7, 11) is 1.67. The fourth-order valence-corrected chi connectivity index (χ4v) is 4.80. The quantitative estimate of drug-likeness (QED) is 0.298. The highest BCUT2D eigenvalue weighted by molar-refractivity contribution is 7.22. The van der Waals surface area contributed by atoms with E-state index in [0.29, 0.717) is 11.7 Å². The SMILES string of the molecule is COc1ccc2c(Oc3ccc(C=CC(=O)O)cc3)c(-c3ccccc3C(C)C)sc2c1. The number of thiophene rings is 1. The van der Waals surface area contributed by atoms with Crippen LogP contribution in [0.3, 0.4) is 0 Å². The number of carbonyl (C=O) groups is 1. The molecule has 4 aromatic rings. The van der Waals surface area contributed by atoms with Crippen molar-refractivity contribution in [2.45, 2.75) is 19.8 Å². The van der Waals surface area contributed by atoms with Gasteiger partial charge in [-0.15, -0.1) is 11.3 Å². The van der Waals surface area contributed by atoms with E-state index in [0.717, 1.165) is 38.1 Å². The van der Waals surface area contributed by atoms with Gasteiger partial charge in [-0.3, -0.25) is 0 Å². The molecule has 0 atom stereocenters. The molecule has 32 heavy (non-hydrogen) atoms. The van der Waals surface area contributed by atoms with Crippen LogP contribution in [0.25, 0.3) is 26.6 Å². The third-order valence-electron chi connectivity index (χ3n) is 5.20. The second-order valence-electron chi connectivity index (χ2n) is 7.71. The van der Waals surface area contributed by atoms with E-state index in [1.165, 1.54) is 11.1 Å². The highest BCUT2D eigenvalue weighted by Crippen LogP contribution is 2.48. The zero-order chi connectivity index (χ0) is 22.7. The van der Waals surface area contributed by atoms with Gasteiger partial charge in [-0.1, -0.05) is 50.2 Å². The van der Waals surface area contributed by atoms with Crippen molar-refractivity contribution in [2.24, 2.45) is 0 Å². The molecule has 0 saturated heterocycles. The van der Waals surface area contributed by atoms with Crippen LogP contribution < -0.4 is 9.47 Å². The number of hydrogen-bond donors (Lipinski definition) is 1. The molecule has 0 spiro atoms. The van der Waals surface area contributed by atoms with Crippen LogP contribution in [0.15, 0.2) is 72.8 Å². The number of methoxy groups -OCH3 is 1. The van der Waals surface area contributed by atoms with Gasteiger partial charge in [0.25, 0.3) is 0 Å². The van der Waals surface area contributed by atoms with Crippen LogP contribution >= 0.6 is 11.3 Å². The van der Waals surface area contributed by atoms with Crippen molar-refractivity contribution in [3.05, 3.63) is 83.9 Å². The molecule has 1 aromatic heterocycles. The molecule has 0 bridgehead atoms. The third-order valence-corrected chi connectivity index (χ3v) is 6.36. The average Bonchev–Trinajstić information content (AvgIpc) is 3.15. The van der Waals surface area contributed by atoms with Crippen LogP contribution in [-0.2, 0) is 4.79 Å². The first-order valence-electron chi connectivity index (χ1n) is 10.3. The van der Waals surface area contributed by atoms with E-state index in [-0.39, 0.29) is 0 Å². The molecule has 162 valence electrons. The van der Waals surface area contributed by atoms with Crippen LogP contribution in [0.5, 0.6) is 17.2 Å². The van der Waals surface area contributed by atoms with Gasteiger partial charge in [0.05, 0.1) is 12.0 Å². The lowest BCUT2D eigenvalue weighted by Crippen LogP contribution is -1.92. The highest BCUT2D eigenvalue weighted by atomic mass is 32.1. The zero-order valence-electron chi connectivity index (χ0n) is 18.2.